The highest BCUT2D eigenvalue weighted by atomic mass is 79.9. The number of rotatable bonds is 2. The van der Waals surface area contributed by atoms with E-state index < -0.39 is 0 Å². The largest absolute Gasteiger partial charge is 0.359 e. The number of nitrogens with two attached hydrogens (primary N) is 1. The Labute approximate surface area is 107 Å². The molecule has 16 heavy (non-hydrogen) atoms. The van der Waals surface area contributed by atoms with Gasteiger partial charge in [-0.3, -0.25) is 0 Å². The standard InChI is InChI=1S/C11H10BrClN2O/c1-6(14)11-5-10(15-16-11)7-2-3-9(13)8(12)4-7/h2-6H,14H2,1H3. The Bertz CT molecular complexity index is 510. The predicted molar refractivity (Wildman–Crippen MR) is 67.3 cm³/mol. The van der Waals surface area contributed by atoms with Crippen LogP contribution in [0.15, 0.2) is 33.3 Å². The summed E-state index contributed by atoms with van der Waals surface area (Å²) in [5.74, 6) is 0.668. The van der Waals surface area contributed by atoms with Crippen molar-refractivity contribution in [2.45, 2.75) is 13.0 Å². The zero-order chi connectivity index (χ0) is 11.7. The maximum absolute atomic E-state index is 5.91. The van der Waals surface area contributed by atoms with E-state index in [2.05, 4.69) is 21.1 Å². The lowest BCUT2D eigenvalue weighted by Crippen LogP contribution is -2.02. The van der Waals surface area contributed by atoms with Crippen molar-refractivity contribution in [2.24, 2.45) is 5.73 Å². The van der Waals surface area contributed by atoms with Gasteiger partial charge in [0.15, 0.2) is 5.76 Å². The number of benzene rings is 1. The van der Waals surface area contributed by atoms with Crippen LogP contribution in [0.4, 0.5) is 0 Å². The molecule has 2 N–H and O–H groups in total. The maximum Gasteiger partial charge on any atom is 0.153 e. The molecule has 1 aromatic heterocycles. The normalized spacial score (nSPS) is 12.8. The summed E-state index contributed by atoms with van der Waals surface area (Å²) in [6, 6.07) is 7.26. The summed E-state index contributed by atoms with van der Waals surface area (Å²) < 4.78 is 5.96. The van der Waals surface area contributed by atoms with E-state index in [4.69, 9.17) is 21.9 Å². The molecule has 0 saturated heterocycles. The third kappa shape index (κ3) is 2.29. The van der Waals surface area contributed by atoms with E-state index in [1.54, 1.807) is 6.07 Å². The molecule has 1 unspecified atom stereocenters. The van der Waals surface area contributed by atoms with Gasteiger partial charge in [-0.1, -0.05) is 22.8 Å². The Morgan fingerprint density at radius 2 is 2.19 bits per heavy atom. The molecule has 1 heterocycles. The Balaban J connectivity index is 2.39. The molecule has 0 saturated carbocycles. The molecular formula is C11H10BrClN2O. The molecule has 1 atom stereocenters. The molecule has 3 nitrogen and oxygen atoms in total. The summed E-state index contributed by atoms with van der Waals surface area (Å²) in [5.41, 5.74) is 7.39. The lowest BCUT2D eigenvalue weighted by Gasteiger charge is -1.98. The minimum atomic E-state index is -0.156. The first-order chi connectivity index (χ1) is 7.58. The van der Waals surface area contributed by atoms with Gasteiger partial charge in [-0.25, -0.2) is 0 Å². The number of aromatic nitrogens is 1. The highest BCUT2D eigenvalue weighted by molar-refractivity contribution is 9.10. The van der Waals surface area contributed by atoms with Crippen molar-refractivity contribution in [3.8, 4) is 11.3 Å². The molecule has 2 rings (SSSR count). The van der Waals surface area contributed by atoms with Crippen molar-refractivity contribution < 1.29 is 4.52 Å². The van der Waals surface area contributed by atoms with Crippen LogP contribution >= 0.6 is 27.5 Å². The van der Waals surface area contributed by atoms with Crippen molar-refractivity contribution in [1.82, 2.24) is 5.16 Å². The number of hydrogen-bond acceptors (Lipinski definition) is 3. The zero-order valence-electron chi connectivity index (χ0n) is 8.58. The molecule has 5 heteroatoms. The second-order valence-electron chi connectivity index (χ2n) is 3.53. The number of halogens is 2. The molecular weight excluding hydrogens is 291 g/mol. The summed E-state index contributed by atoms with van der Waals surface area (Å²) in [6.07, 6.45) is 0. The molecule has 0 aliphatic rings. The fraction of sp³-hybridized carbons (Fsp3) is 0.182. The average Bonchev–Trinajstić information content (AvgIpc) is 2.71. The van der Waals surface area contributed by atoms with Crippen LogP contribution in [0.2, 0.25) is 5.02 Å². The third-order valence-electron chi connectivity index (χ3n) is 2.19. The van der Waals surface area contributed by atoms with Gasteiger partial charge < -0.3 is 10.3 Å². The Morgan fingerprint density at radius 1 is 1.44 bits per heavy atom. The van der Waals surface area contributed by atoms with Gasteiger partial charge in [0.2, 0.25) is 0 Å². The smallest absolute Gasteiger partial charge is 0.153 e. The van der Waals surface area contributed by atoms with Crippen LogP contribution < -0.4 is 5.73 Å². The van der Waals surface area contributed by atoms with Crippen molar-refractivity contribution >= 4 is 27.5 Å². The topological polar surface area (TPSA) is 52.0 Å². The minimum absolute atomic E-state index is 0.156. The summed E-state index contributed by atoms with van der Waals surface area (Å²) in [4.78, 5) is 0. The van der Waals surface area contributed by atoms with Crippen molar-refractivity contribution in [3.05, 3.63) is 39.5 Å². The van der Waals surface area contributed by atoms with Crippen LogP contribution in [-0.2, 0) is 0 Å². The van der Waals surface area contributed by atoms with E-state index in [1.165, 1.54) is 0 Å². The monoisotopic (exact) mass is 300 g/mol. The second kappa shape index (κ2) is 4.57. The average molecular weight is 302 g/mol. The molecule has 0 aliphatic carbocycles. The summed E-state index contributed by atoms with van der Waals surface area (Å²) >= 11 is 9.28. The molecule has 1 aromatic carbocycles. The van der Waals surface area contributed by atoms with Crippen molar-refractivity contribution in [3.63, 3.8) is 0 Å². The molecule has 0 fully saturated rings. The molecule has 2 aromatic rings. The minimum Gasteiger partial charge on any atom is -0.359 e. The second-order valence-corrected chi connectivity index (χ2v) is 4.79. The number of nitrogens with zero attached hydrogens (tertiary/aromatic N) is 1. The van der Waals surface area contributed by atoms with Gasteiger partial charge in [0, 0.05) is 16.1 Å². The Kier molecular flexibility index (Phi) is 3.33. The van der Waals surface area contributed by atoms with Crippen LogP contribution in [-0.4, -0.2) is 5.16 Å². The fourth-order valence-electron chi connectivity index (χ4n) is 1.30. The van der Waals surface area contributed by atoms with Crippen LogP contribution in [0, 0.1) is 0 Å². The van der Waals surface area contributed by atoms with Gasteiger partial charge in [0.25, 0.3) is 0 Å². The van der Waals surface area contributed by atoms with Gasteiger partial charge in [0.05, 0.1) is 11.1 Å². The molecule has 0 aliphatic heterocycles. The van der Waals surface area contributed by atoms with E-state index in [9.17, 15) is 0 Å². The quantitative estimate of drug-likeness (QED) is 0.918. The summed E-state index contributed by atoms with van der Waals surface area (Å²) in [6.45, 7) is 1.85. The van der Waals surface area contributed by atoms with Gasteiger partial charge in [0.1, 0.15) is 5.69 Å². The highest BCUT2D eigenvalue weighted by Crippen LogP contribution is 2.29. The van der Waals surface area contributed by atoms with E-state index >= 15 is 0 Å². The first kappa shape index (κ1) is 11.6. The van der Waals surface area contributed by atoms with E-state index in [0.717, 1.165) is 15.7 Å². The zero-order valence-corrected chi connectivity index (χ0v) is 10.9. The lowest BCUT2D eigenvalue weighted by molar-refractivity contribution is 0.369. The van der Waals surface area contributed by atoms with Crippen LogP contribution in [0.25, 0.3) is 11.3 Å². The van der Waals surface area contributed by atoms with Crippen molar-refractivity contribution in [1.29, 1.82) is 0 Å². The Hall–Kier alpha value is -0.840. The SMILES string of the molecule is CC(N)c1cc(-c2ccc(Cl)c(Br)c2)no1. The molecule has 84 valence electrons. The van der Waals surface area contributed by atoms with Crippen LogP contribution in [0.1, 0.15) is 18.7 Å². The number of hydrogen-bond donors (Lipinski definition) is 1. The maximum atomic E-state index is 5.91. The van der Waals surface area contributed by atoms with Gasteiger partial charge >= 0.3 is 0 Å². The van der Waals surface area contributed by atoms with E-state index in [-0.39, 0.29) is 6.04 Å². The first-order valence-corrected chi connectivity index (χ1v) is 5.92. The highest BCUT2D eigenvalue weighted by Gasteiger charge is 2.10. The Morgan fingerprint density at radius 3 is 2.75 bits per heavy atom. The van der Waals surface area contributed by atoms with Crippen molar-refractivity contribution in [2.75, 3.05) is 0 Å². The van der Waals surface area contributed by atoms with E-state index in [0.29, 0.717) is 10.8 Å². The van der Waals surface area contributed by atoms with Crippen LogP contribution in [0.3, 0.4) is 0 Å². The van der Waals surface area contributed by atoms with E-state index in [1.807, 2.05) is 25.1 Å². The molecule has 0 amide bonds. The van der Waals surface area contributed by atoms with Gasteiger partial charge in [-0.05, 0) is 35.0 Å². The first-order valence-electron chi connectivity index (χ1n) is 4.75. The predicted octanol–water partition coefficient (Wildman–Crippen LogP) is 3.78. The molecule has 0 bridgehead atoms. The van der Waals surface area contributed by atoms with Crippen LogP contribution in [0.5, 0.6) is 0 Å². The molecule has 0 spiro atoms. The van der Waals surface area contributed by atoms with Gasteiger partial charge in [-0.15, -0.1) is 0 Å². The summed E-state index contributed by atoms with van der Waals surface area (Å²) in [7, 11) is 0. The van der Waals surface area contributed by atoms with Gasteiger partial charge in [-0.2, -0.15) is 0 Å². The fourth-order valence-corrected chi connectivity index (χ4v) is 1.79. The molecule has 0 radical (unpaired) electrons. The summed E-state index contributed by atoms with van der Waals surface area (Å²) in [5, 5.41) is 4.63. The third-order valence-corrected chi connectivity index (χ3v) is 3.41. The lowest BCUT2D eigenvalue weighted by atomic mass is 10.1.